The van der Waals surface area contributed by atoms with Crippen LogP contribution in [0, 0.1) is 10.1 Å². The van der Waals surface area contributed by atoms with Gasteiger partial charge in [0.05, 0.1) is 6.61 Å². The normalized spacial score (nSPS) is 14.2. The lowest BCUT2D eigenvalue weighted by Gasteiger charge is -2.14. The van der Waals surface area contributed by atoms with Gasteiger partial charge < -0.3 is 9.84 Å². The molecule has 0 saturated carbocycles. The van der Waals surface area contributed by atoms with Crippen molar-refractivity contribution < 1.29 is 19.6 Å². The first-order valence-corrected chi connectivity index (χ1v) is 5.52. The van der Waals surface area contributed by atoms with E-state index in [9.17, 15) is 20.0 Å². The summed E-state index contributed by atoms with van der Waals surface area (Å²) < 4.78 is 4.55. The minimum absolute atomic E-state index is 0.106. The van der Waals surface area contributed by atoms with Crippen molar-refractivity contribution in [2.75, 3.05) is 6.61 Å². The van der Waals surface area contributed by atoms with E-state index in [0.29, 0.717) is 6.42 Å². The smallest absolute Gasteiger partial charge is 0.342 e. The molecule has 0 saturated heterocycles. The molecule has 0 heterocycles. The van der Waals surface area contributed by atoms with Crippen molar-refractivity contribution in [1.29, 1.82) is 0 Å². The summed E-state index contributed by atoms with van der Waals surface area (Å²) in [6.45, 7) is 3.67. The highest BCUT2D eigenvalue weighted by atomic mass is 16.6. The van der Waals surface area contributed by atoms with Crippen LogP contribution >= 0.6 is 0 Å². The summed E-state index contributed by atoms with van der Waals surface area (Å²) in [5.74, 6) is -0.916. The van der Waals surface area contributed by atoms with Crippen molar-refractivity contribution in [3.63, 3.8) is 0 Å². The second-order valence-electron chi connectivity index (χ2n) is 3.55. The average Bonchev–Trinajstić information content (AvgIpc) is 2.23. The van der Waals surface area contributed by atoms with E-state index < -0.39 is 23.0 Å². The van der Waals surface area contributed by atoms with Crippen LogP contribution < -0.4 is 0 Å². The molecule has 0 aliphatic carbocycles. The SMILES string of the molecule is CCCCCC(C(O)C(=O)OCC)[N+](=O)[O-]. The summed E-state index contributed by atoms with van der Waals surface area (Å²) in [5, 5.41) is 20.1. The summed E-state index contributed by atoms with van der Waals surface area (Å²) in [6.07, 6.45) is 0.936. The number of esters is 1. The van der Waals surface area contributed by atoms with Crippen LogP contribution in [0.15, 0.2) is 0 Å². The van der Waals surface area contributed by atoms with Gasteiger partial charge in [0.1, 0.15) is 0 Å². The van der Waals surface area contributed by atoms with Gasteiger partial charge in [-0.15, -0.1) is 0 Å². The van der Waals surface area contributed by atoms with E-state index >= 15 is 0 Å². The van der Waals surface area contributed by atoms with Crippen molar-refractivity contribution >= 4 is 5.97 Å². The van der Waals surface area contributed by atoms with Gasteiger partial charge in [0.2, 0.25) is 12.1 Å². The monoisotopic (exact) mass is 233 g/mol. The first kappa shape index (κ1) is 14.8. The van der Waals surface area contributed by atoms with Crippen molar-refractivity contribution in [2.24, 2.45) is 0 Å². The summed E-state index contributed by atoms with van der Waals surface area (Å²) in [6, 6.07) is -1.26. The molecule has 0 aliphatic heterocycles. The van der Waals surface area contributed by atoms with E-state index in [-0.39, 0.29) is 13.0 Å². The number of unbranched alkanes of at least 4 members (excludes halogenated alkanes) is 2. The molecule has 0 rings (SSSR count). The first-order valence-electron chi connectivity index (χ1n) is 5.52. The maximum Gasteiger partial charge on any atom is 0.342 e. The van der Waals surface area contributed by atoms with E-state index in [4.69, 9.17) is 0 Å². The van der Waals surface area contributed by atoms with Crippen LogP contribution in [0.25, 0.3) is 0 Å². The Labute approximate surface area is 94.7 Å². The number of hydrogen-bond donors (Lipinski definition) is 1. The van der Waals surface area contributed by atoms with Crippen LogP contribution in [-0.2, 0) is 9.53 Å². The second kappa shape index (κ2) is 8.04. The zero-order valence-corrected chi connectivity index (χ0v) is 9.72. The number of carbonyl (C=O) groups is 1. The van der Waals surface area contributed by atoms with Gasteiger partial charge >= 0.3 is 5.97 Å². The maximum absolute atomic E-state index is 11.1. The summed E-state index contributed by atoms with van der Waals surface area (Å²) in [5.41, 5.74) is 0. The minimum atomic E-state index is -1.66. The third-order valence-electron chi connectivity index (χ3n) is 2.27. The number of nitro groups is 1. The molecule has 0 aromatic heterocycles. The predicted molar refractivity (Wildman–Crippen MR) is 57.6 cm³/mol. The van der Waals surface area contributed by atoms with Gasteiger partial charge in [0.15, 0.2) is 0 Å². The van der Waals surface area contributed by atoms with E-state index in [1.54, 1.807) is 6.92 Å². The second-order valence-corrected chi connectivity index (χ2v) is 3.55. The van der Waals surface area contributed by atoms with E-state index in [1.807, 2.05) is 6.92 Å². The number of nitrogens with zero attached hydrogens (tertiary/aromatic N) is 1. The topological polar surface area (TPSA) is 89.7 Å². The maximum atomic E-state index is 11.1. The summed E-state index contributed by atoms with van der Waals surface area (Å²) >= 11 is 0. The van der Waals surface area contributed by atoms with Crippen LogP contribution in [0.4, 0.5) is 0 Å². The van der Waals surface area contributed by atoms with Gasteiger partial charge in [-0.1, -0.05) is 19.8 Å². The Bertz CT molecular complexity index is 231. The molecule has 0 aliphatic rings. The molecule has 2 unspecified atom stereocenters. The zero-order valence-electron chi connectivity index (χ0n) is 9.72. The zero-order chi connectivity index (χ0) is 12.6. The molecule has 0 radical (unpaired) electrons. The lowest BCUT2D eigenvalue weighted by Crippen LogP contribution is -2.40. The van der Waals surface area contributed by atoms with Crippen LogP contribution in [-0.4, -0.2) is 34.8 Å². The fraction of sp³-hybridized carbons (Fsp3) is 0.900. The highest BCUT2D eigenvalue weighted by Gasteiger charge is 2.35. The molecule has 0 amide bonds. The molecule has 6 heteroatoms. The Hall–Kier alpha value is -1.17. The molecule has 0 fully saturated rings. The van der Waals surface area contributed by atoms with Crippen molar-refractivity contribution in [3.05, 3.63) is 10.1 Å². The fourth-order valence-corrected chi connectivity index (χ4v) is 1.37. The Balaban J connectivity index is 4.28. The van der Waals surface area contributed by atoms with Gasteiger partial charge in [0.25, 0.3) is 0 Å². The molecule has 1 N–H and O–H groups in total. The Morgan fingerprint density at radius 3 is 2.50 bits per heavy atom. The highest BCUT2D eigenvalue weighted by Crippen LogP contribution is 2.11. The Morgan fingerprint density at radius 2 is 2.06 bits per heavy atom. The van der Waals surface area contributed by atoms with Crippen LogP contribution in [0.5, 0.6) is 0 Å². The predicted octanol–water partition coefficient (Wildman–Crippen LogP) is 1.14. The third kappa shape index (κ3) is 5.06. The lowest BCUT2D eigenvalue weighted by atomic mass is 10.0. The van der Waals surface area contributed by atoms with E-state index in [0.717, 1.165) is 12.8 Å². The average molecular weight is 233 g/mol. The molecule has 16 heavy (non-hydrogen) atoms. The molecular formula is C10H19NO5. The number of aliphatic hydroxyl groups excluding tert-OH is 1. The third-order valence-corrected chi connectivity index (χ3v) is 2.27. The molecule has 6 nitrogen and oxygen atoms in total. The van der Waals surface area contributed by atoms with Crippen LogP contribution in [0.3, 0.4) is 0 Å². The molecule has 2 atom stereocenters. The van der Waals surface area contributed by atoms with Crippen molar-refractivity contribution in [2.45, 2.75) is 51.7 Å². The highest BCUT2D eigenvalue weighted by molar-refractivity contribution is 5.75. The van der Waals surface area contributed by atoms with Gasteiger partial charge in [0, 0.05) is 11.3 Å². The molecule has 0 aromatic carbocycles. The van der Waals surface area contributed by atoms with Crippen LogP contribution in [0.2, 0.25) is 0 Å². The summed E-state index contributed by atoms with van der Waals surface area (Å²) in [7, 11) is 0. The van der Waals surface area contributed by atoms with Crippen LogP contribution in [0.1, 0.15) is 39.5 Å². The van der Waals surface area contributed by atoms with Crippen molar-refractivity contribution in [1.82, 2.24) is 0 Å². The standard InChI is InChI=1S/C10H19NO5/c1-3-5-6-7-8(11(14)15)9(12)10(13)16-4-2/h8-9,12H,3-7H2,1-2H3. The van der Waals surface area contributed by atoms with E-state index in [1.165, 1.54) is 0 Å². The molecule has 0 aromatic rings. The van der Waals surface area contributed by atoms with Gasteiger partial charge in [-0.25, -0.2) is 4.79 Å². The number of ether oxygens (including phenoxy) is 1. The summed E-state index contributed by atoms with van der Waals surface area (Å²) in [4.78, 5) is 21.2. The van der Waals surface area contributed by atoms with Gasteiger partial charge in [-0.3, -0.25) is 10.1 Å². The van der Waals surface area contributed by atoms with Gasteiger partial charge in [-0.2, -0.15) is 0 Å². The number of carbonyl (C=O) groups excluding carboxylic acids is 1. The Kier molecular flexibility index (Phi) is 7.45. The van der Waals surface area contributed by atoms with Gasteiger partial charge in [-0.05, 0) is 13.3 Å². The fourth-order valence-electron chi connectivity index (χ4n) is 1.37. The largest absolute Gasteiger partial charge is 0.464 e. The van der Waals surface area contributed by atoms with Crippen molar-refractivity contribution in [3.8, 4) is 0 Å². The number of aliphatic hydroxyl groups is 1. The van der Waals surface area contributed by atoms with E-state index in [2.05, 4.69) is 4.74 Å². The number of rotatable bonds is 8. The minimum Gasteiger partial charge on any atom is -0.464 e. The number of hydrogen-bond acceptors (Lipinski definition) is 5. The molecule has 0 spiro atoms. The lowest BCUT2D eigenvalue weighted by molar-refractivity contribution is -0.532. The molecular weight excluding hydrogens is 214 g/mol. The molecule has 0 bridgehead atoms. The quantitative estimate of drug-likeness (QED) is 0.294. The Morgan fingerprint density at radius 1 is 1.44 bits per heavy atom. The first-order chi connectivity index (χ1) is 7.54. The molecule has 94 valence electrons.